The van der Waals surface area contributed by atoms with Crippen molar-refractivity contribution in [3.63, 3.8) is 0 Å². The maximum Gasteiger partial charge on any atom is 0.328 e. The summed E-state index contributed by atoms with van der Waals surface area (Å²) < 4.78 is 4.88. The number of carbonyl (C=O) groups excluding carboxylic acids is 4. The van der Waals surface area contributed by atoms with Gasteiger partial charge in [-0.1, -0.05) is 88.4 Å². The Hall–Kier alpha value is -3.72. The Balaban J connectivity index is 2.15. The lowest BCUT2D eigenvalue weighted by atomic mass is 9.98. The number of carbonyl (C=O) groups is 4. The quantitative estimate of drug-likeness (QED) is 0.297. The minimum atomic E-state index is -1.44. The number of hydrogen-bond acceptors (Lipinski definition) is 6. The highest BCUT2D eigenvalue weighted by Crippen LogP contribution is 2.14. The molecule has 0 aliphatic rings. The molecule has 9 nitrogen and oxygen atoms in total. The van der Waals surface area contributed by atoms with Crippen LogP contribution in [0.2, 0.25) is 0 Å². The highest BCUT2D eigenvalue weighted by molar-refractivity contribution is 5.94. The van der Waals surface area contributed by atoms with Crippen LogP contribution in [0, 0.1) is 11.8 Å². The minimum absolute atomic E-state index is 0.0424. The van der Waals surface area contributed by atoms with Gasteiger partial charge in [0.05, 0.1) is 7.11 Å². The van der Waals surface area contributed by atoms with E-state index in [1.165, 1.54) is 7.11 Å². The zero-order valence-electron chi connectivity index (χ0n) is 22.6. The molecule has 0 aliphatic carbocycles. The van der Waals surface area contributed by atoms with Crippen molar-refractivity contribution in [3.05, 3.63) is 71.8 Å². The number of rotatable bonds is 13. The first-order valence-electron chi connectivity index (χ1n) is 12.8. The predicted octanol–water partition coefficient (Wildman–Crippen LogP) is 2.29. The van der Waals surface area contributed by atoms with Crippen LogP contribution in [0.3, 0.4) is 0 Å². The predicted molar refractivity (Wildman–Crippen MR) is 144 cm³/mol. The molecular weight excluding hydrogens is 486 g/mol. The van der Waals surface area contributed by atoms with Crippen molar-refractivity contribution in [1.29, 1.82) is 0 Å². The van der Waals surface area contributed by atoms with Gasteiger partial charge in [-0.25, -0.2) is 4.79 Å². The van der Waals surface area contributed by atoms with Gasteiger partial charge in [0.2, 0.25) is 11.8 Å². The molecule has 0 aromatic heterocycles. The Bertz CT molecular complexity index is 1060. The van der Waals surface area contributed by atoms with Crippen LogP contribution in [0.4, 0.5) is 0 Å². The fourth-order valence-corrected chi connectivity index (χ4v) is 3.98. The van der Waals surface area contributed by atoms with Gasteiger partial charge in [-0.3, -0.25) is 14.4 Å². The van der Waals surface area contributed by atoms with Crippen molar-refractivity contribution < 1.29 is 29.0 Å². The molecule has 0 fully saturated rings. The molecule has 3 amide bonds. The molecule has 4 N–H and O–H groups in total. The second kappa shape index (κ2) is 14.9. The Labute approximate surface area is 224 Å². The summed E-state index contributed by atoms with van der Waals surface area (Å²) in [5.41, 5.74) is 1.24. The molecule has 2 aromatic rings. The number of benzene rings is 2. The monoisotopic (exact) mass is 525 g/mol. The minimum Gasteiger partial charge on any atom is -0.467 e. The van der Waals surface area contributed by atoms with Gasteiger partial charge in [-0.05, 0) is 29.4 Å². The first-order valence-corrected chi connectivity index (χ1v) is 12.8. The van der Waals surface area contributed by atoms with Crippen LogP contribution in [0.15, 0.2) is 60.7 Å². The van der Waals surface area contributed by atoms with E-state index in [0.717, 1.165) is 5.56 Å². The summed E-state index contributed by atoms with van der Waals surface area (Å²) in [6.45, 7) is 7.34. The number of nitrogens with one attached hydrogen (secondary N) is 3. The first-order chi connectivity index (χ1) is 18.0. The molecule has 2 aromatic carbocycles. The number of amides is 3. The molecule has 38 heavy (non-hydrogen) atoms. The topological polar surface area (TPSA) is 134 Å². The van der Waals surface area contributed by atoms with Gasteiger partial charge < -0.3 is 25.8 Å². The third-order valence-corrected chi connectivity index (χ3v) is 6.04. The SMILES string of the molecule is COC(=O)C(Cc1ccccc1)NC(=O)C(NC(=O)C(CC(C)C)NC(=O)C(O)c1ccccc1)C(C)C. The number of methoxy groups -OCH3 is 1. The number of esters is 1. The van der Waals surface area contributed by atoms with E-state index in [4.69, 9.17) is 4.74 Å². The molecule has 4 unspecified atom stereocenters. The summed E-state index contributed by atoms with van der Waals surface area (Å²) >= 11 is 0. The van der Waals surface area contributed by atoms with Crippen molar-refractivity contribution in [1.82, 2.24) is 16.0 Å². The molecule has 0 radical (unpaired) electrons. The highest BCUT2D eigenvalue weighted by Gasteiger charge is 2.33. The smallest absolute Gasteiger partial charge is 0.328 e. The average molecular weight is 526 g/mol. The standard InChI is InChI=1S/C29H39N3O6/c1-18(2)16-22(30-28(36)25(33)21-14-10-7-11-15-21)26(34)32-24(19(3)4)27(35)31-23(29(37)38-5)17-20-12-8-6-9-13-20/h6-15,18-19,22-25,33H,16-17H2,1-5H3,(H,30,36)(H,31,35)(H,32,34). The van der Waals surface area contributed by atoms with Crippen molar-refractivity contribution >= 4 is 23.7 Å². The van der Waals surface area contributed by atoms with Gasteiger partial charge in [0.1, 0.15) is 18.1 Å². The summed E-state index contributed by atoms with van der Waals surface area (Å²) in [7, 11) is 1.25. The molecule has 0 spiro atoms. The van der Waals surface area contributed by atoms with Crippen LogP contribution in [-0.2, 0) is 30.3 Å². The maximum atomic E-state index is 13.3. The molecule has 4 atom stereocenters. The van der Waals surface area contributed by atoms with E-state index in [9.17, 15) is 24.3 Å². The Morgan fingerprint density at radius 3 is 1.84 bits per heavy atom. The van der Waals surface area contributed by atoms with Gasteiger partial charge in [-0.2, -0.15) is 0 Å². The van der Waals surface area contributed by atoms with Crippen LogP contribution in [0.25, 0.3) is 0 Å². The summed E-state index contributed by atoms with van der Waals surface area (Å²) in [4.78, 5) is 51.7. The fourth-order valence-electron chi connectivity index (χ4n) is 3.98. The molecule has 0 bridgehead atoms. The van der Waals surface area contributed by atoms with Crippen molar-refractivity contribution in [2.75, 3.05) is 7.11 Å². The first kappa shape index (κ1) is 30.5. The van der Waals surface area contributed by atoms with Gasteiger partial charge >= 0.3 is 5.97 Å². The van der Waals surface area contributed by atoms with E-state index in [2.05, 4.69) is 16.0 Å². The van der Waals surface area contributed by atoms with Crippen LogP contribution < -0.4 is 16.0 Å². The van der Waals surface area contributed by atoms with E-state index >= 15 is 0 Å². The lowest BCUT2D eigenvalue weighted by Crippen LogP contribution is -2.58. The molecular formula is C29H39N3O6. The Morgan fingerprint density at radius 2 is 1.32 bits per heavy atom. The number of ether oxygens (including phenoxy) is 1. The van der Waals surface area contributed by atoms with E-state index < -0.39 is 47.9 Å². The van der Waals surface area contributed by atoms with Crippen LogP contribution in [-0.4, -0.2) is 54.0 Å². The zero-order valence-corrected chi connectivity index (χ0v) is 22.6. The summed E-state index contributed by atoms with van der Waals surface area (Å²) in [6, 6.07) is 14.7. The van der Waals surface area contributed by atoms with Crippen LogP contribution in [0.5, 0.6) is 0 Å². The molecule has 0 aliphatic heterocycles. The third kappa shape index (κ3) is 9.30. The lowest BCUT2D eigenvalue weighted by molar-refractivity contribution is -0.145. The van der Waals surface area contributed by atoms with E-state index in [-0.39, 0.29) is 18.3 Å². The summed E-state index contributed by atoms with van der Waals surface area (Å²) in [6.07, 6.45) is -0.923. The Kier molecular flexibility index (Phi) is 11.9. The summed E-state index contributed by atoms with van der Waals surface area (Å²) in [5, 5.41) is 18.5. The van der Waals surface area contributed by atoms with Crippen molar-refractivity contribution in [2.24, 2.45) is 11.8 Å². The molecule has 9 heteroatoms. The molecule has 0 saturated heterocycles. The summed E-state index contributed by atoms with van der Waals surface area (Å²) in [5.74, 6) is -2.69. The molecule has 0 saturated carbocycles. The van der Waals surface area contributed by atoms with Crippen molar-refractivity contribution in [2.45, 2.75) is 64.8 Å². The Morgan fingerprint density at radius 1 is 0.763 bits per heavy atom. The normalized spacial score (nSPS) is 14.2. The average Bonchev–Trinajstić information content (AvgIpc) is 2.90. The van der Waals surface area contributed by atoms with E-state index in [1.807, 2.05) is 44.2 Å². The maximum absolute atomic E-state index is 13.3. The third-order valence-electron chi connectivity index (χ3n) is 6.04. The van der Waals surface area contributed by atoms with E-state index in [0.29, 0.717) is 12.0 Å². The van der Waals surface area contributed by atoms with Crippen LogP contribution in [0.1, 0.15) is 51.3 Å². The van der Waals surface area contributed by atoms with Gasteiger partial charge in [-0.15, -0.1) is 0 Å². The number of aliphatic hydroxyl groups is 1. The second-order valence-corrected chi connectivity index (χ2v) is 10.0. The molecule has 0 heterocycles. The second-order valence-electron chi connectivity index (χ2n) is 10.0. The van der Waals surface area contributed by atoms with Gasteiger partial charge in [0.15, 0.2) is 6.10 Å². The highest BCUT2D eigenvalue weighted by atomic mass is 16.5. The molecule has 206 valence electrons. The fraction of sp³-hybridized carbons (Fsp3) is 0.448. The molecule has 2 rings (SSSR count). The number of hydrogen-bond donors (Lipinski definition) is 4. The van der Waals surface area contributed by atoms with Crippen molar-refractivity contribution in [3.8, 4) is 0 Å². The van der Waals surface area contributed by atoms with E-state index in [1.54, 1.807) is 44.2 Å². The van der Waals surface area contributed by atoms with Crippen LogP contribution >= 0.6 is 0 Å². The lowest BCUT2D eigenvalue weighted by Gasteiger charge is -2.28. The van der Waals surface area contributed by atoms with Gasteiger partial charge in [0.25, 0.3) is 5.91 Å². The van der Waals surface area contributed by atoms with Gasteiger partial charge in [0, 0.05) is 6.42 Å². The largest absolute Gasteiger partial charge is 0.467 e. The zero-order chi connectivity index (χ0) is 28.2. The number of aliphatic hydroxyl groups excluding tert-OH is 1.